The maximum absolute atomic E-state index is 14.8. The molecule has 0 aliphatic rings. The Morgan fingerprint density at radius 3 is 2.31 bits per heavy atom. The summed E-state index contributed by atoms with van der Waals surface area (Å²) in [6.45, 7) is 7.75. The van der Waals surface area contributed by atoms with Gasteiger partial charge in [-0.25, -0.2) is 22.2 Å². The Morgan fingerprint density at radius 2 is 1.69 bits per heavy atom. The lowest BCUT2D eigenvalue weighted by Crippen LogP contribution is -2.53. The summed E-state index contributed by atoms with van der Waals surface area (Å²) in [6.07, 6.45) is 3.35. The van der Waals surface area contributed by atoms with E-state index in [4.69, 9.17) is 16.3 Å². The number of carbonyl (C=O) groups excluding carboxylic acids is 2. The number of benzene rings is 2. The molecule has 0 bridgehead atoms. The molecular formula is C35H45ClF2N4O5S. The Hall–Kier alpha value is -3.61. The summed E-state index contributed by atoms with van der Waals surface area (Å²) in [6, 6.07) is 11.2. The zero-order valence-corrected chi connectivity index (χ0v) is 29.4. The van der Waals surface area contributed by atoms with Crippen LogP contribution in [0.15, 0.2) is 54.7 Å². The molecule has 0 unspecified atom stereocenters. The molecule has 9 nitrogen and oxygen atoms in total. The molecular weight excluding hydrogens is 662 g/mol. The second kappa shape index (κ2) is 18.8. The minimum Gasteiger partial charge on any atom is -0.484 e. The van der Waals surface area contributed by atoms with Gasteiger partial charge in [0.15, 0.2) is 21.4 Å². The summed E-state index contributed by atoms with van der Waals surface area (Å²) in [5.74, 6) is -3.91. The van der Waals surface area contributed by atoms with Crippen molar-refractivity contribution in [2.75, 3.05) is 18.8 Å². The predicted octanol–water partition coefficient (Wildman–Crippen LogP) is 5.72. The molecule has 0 radical (unpaired) electrons. The molecule has 2 atom stereocenters. The van der Waals surface area contributed by atoms with Gasteiger partial charge in [-0.15, -0.1) is 0 Å². The van der Waals surface area contributed by atoms with Crippen LogP contribution < -0.4 is 20.7 Å². The van der Waals surface area contributed by atoms with Crippen molar-refractivity contribution >= 4 is 33.3 Å². The van der Waals surface area contributed by atoms with E-state index in [0.717, 1.165) is 23.6 Å². The highest BCUT2D eigenvalue weighted by molar-refractivity contribution is 7.92. The Bertz CT molecular complexity index is 1600. The standard InChI is InChI=1S/C35H45ClF2N4O5S/c1-5-9-29(10-6-2)48(45,46)22-31(42-34(43)26-13-14-32(36)40-19-26)35(44)41-21-28(47-33-23(4)15-27(37)17-30(33)38)20-39-18-25-12-8-11-24(7-3)16-25/h8,11-17,19,28-29,31,39H,5-7,9-10,18,20-22H2,1-4H3,(H,41,44)(H,42,43)/t28-,31+/m1/s1. The van der Waals surface area contributed by atoms with Crippen LogP contribution in [0.2, 0.25) is 5.15 Å². The van der Waals surface area contributed by atoms with Crippen molar-refractivity contribution in [3.05, 3.63) is 93.8 Å². The molecule has 0 fully saturated rings. The van der Waals surface area contributed by atoms with Gasteiger partial charge in [-0.1, -0.05) is 69.5 Å². The largest absolute Gasteiger partial charge is 0.484 e. The third-order valence-corrected chi connectivity index (χ3v) is 10.3. The van der Waals surface area contributed by atoms with Crippen LogP contribution in [0.3, 0.4) is 0 Å². The monoisotopic (exact) mass is 706 g/mol. The molecule has 2 aromatic carbocycles. The number of aryl methyl sites for hydroxylation is 2. The van der Waals surface area contributed by atoms with E-state index >= 15 is 0 Å². The SMILES string of the molecule is CCCC(CCC)S(=O)(=O)C[C@H](NC(=O)c1ccc(Cl)nc1)C(=O)NC[C@@H](CNCc1cccc(CC)c1)Oc1c(C)cc(F)cc1F. The van der Waals surface area contributed by atoms with Crippen molar-refractivity contribution in [1.29, 1.82) is 0 Å². The van der Waals surface area contributed by atoms with Gasteiger partial charge in [0.2, 0.25) is 5.91 Å². The third kappa shape index (κ3) is 11.8. The minimum absolute atomic E-state index is 0.0908. The van der Waals surface area contributed by atoms with E-state index in [2.05, 4.69) is 33.9 Å². The first-order valence-corrected chi connectivity index (χ1v) is 18.3. The number of sulfone groups is 1. The fraction of sp³-hybridized carbons (Fsp3) is 0.457. The van der Waals surface area contributed by atoms with Crippen molar-refractivity contribution in [2.24, 2.45) is 0 Å². The second-order valence-electron chi connectivity index (χ2n) is 11.7. The van der Waals surface area contributed by atoms with Crippen molar-refractivity contribution in [3.8, 4) is 5.75 Å². The average Bonchev–Trinajstić information content (AvgIpc) is 3.04. The van der Waals surface area contributed by atoms with E-state index < -0.39 is 56.4 Å². The lowest BCUT2D eigenvalue weighted by molar-refractivity contribution is -0.122. The number of pyridine rings is 1. The van der Waals surface area contributed by atoms with E-state index in [1.54, 1.807) is 0 Å². The molecule has 13 heteroatoms. The molecule has 3 rings (SSSR count). The number of nitrogens with one attached hydrogen (secondary N) is 3. The van der Waals surface area contributed by atoms with E-state index in [1.807, 2.05) is 32.0 Å². The van der Waals surface area contributed by atoms with E-state index in [0.29, 0.717) is 38.3 Å². The highest BCUT2D eigenvalue weighted by Gasteiger charge is 2.33. The van der Waals surface area contributed by atoms with Crippen molar-refractivity contribution in [1.82, 2.24) is 20.9 Å². The summed E-state index contributed by atoms with van der Waals surface area (Å²) in [5.41, 5.74) is 2.49. The van der Waals surface area contributed by atoms with Gasteiger partial charge < -0.3 is 20.7 Å². The van der Waals surface area contributed by atoms with Crippen LogP contribution in [0, 0.1) is 18.6 Å². The summed E-state index contributed by atoms with van der Waals surface area (Å²) in [5, 5.41) is 7.99. The van der Waals surface area contributed by atoms with Crippen molar-refractivity contribution in [2.45, 2.75) is 83.7 Å². The first-order valence-electron chi connectivity index (χ1n) is 16.2. The fourth-order valence-corrected chi connectivity index (χ4v) is 7.56. The van der Waals surface area contributed by atoms with Gasteiger partial charge in [-0.05, 0) is 61.1 Å². The molecule has 0 saturated carbocycles. The van der Waals surface area contributed by atoms with Crippen molar-refractivity contribution in [3.63, 3.8) is 0 Å². The van der Waals surface area contributed by atoms with Crippen LogP contribution in [-0.4, -0.2) is 61.5 Å². The Labute approximate surface area is 287 Å². The maximum Gasteiger partial charge on any atom is 0.253 e. The maximum atomic E-state index is 14.8. The first kappa shape index (κ1) is 38.8. The number of halogens is 3. The smallest absolute Gasteiger partial charge is 0.253 e. The molecule has 0 aliphatic carbocycles. The van der Waals surface area contributed by atoms with Gasteiger partial charge in [0.05, 0.1) is 23.1 Å². The molecule has 2 amide bonds. The summed E-state index contributed by atoms with van der Waals surface area (Å²) >= 11 is 5.85. The zero-order chi connectivity index (χ0) is 35.3. The molecule has 0 saturated heterocycles. The molecule has 48 heavy (non-hydrogen) atoms. The summed E-state index contributed by atoms with van der Waals surface area (Å²) < 4.78 is 61.6. The van der Waals surface area contributed by atoms with E-state index in [1.165, 1.54) is 25.3 Å². The highest BCUT2D eigenvalue weighted by Crippen LogP contribution is 2.25. The molecule has 0 aliphatic heterocycles. The molecule has 3 N–H and O–H groups in total. The topological polar surface area (TPSA) is 126 Å². The predicted molar refractivity (Wildman–Crippen MR) is 184 cm³/mol. The van der Waals surface area contributed by atoms with Crippen LogP contribution in [0.25, 0.3) is 0 Å². The number of hydrogen-bond acceptors (Lipinski definition) is 7. The number of rotatable bonds is 19. The summed E-state index contributed by atoms with van der Waals surface area (Å²) in [7, 11) is -3.82. The summed E-state index contributed by atoms with van der Waals surface area (Å²) in [4.78, 5) is 30.7. The van der Waals surface area contributed by atoms with Crippen molar-refractivity contribution < 1.29 is 31.5 Å². The number of nitrogens with zero attached hydrogens (tertiary/aromatic N) is 1. The van der Waals surface area contributed by atoms with Crippen LogP contribution in [-0.2, 0) is 27.6 Å². The van der Waals surface area contributed by atoms with Crippen LogP contribution in [0.1, 0.15) is 73.5 Å². The van der Waals surface area contributed by atoms with Crippen LogP contribution in [0.5, 0.6) is 5.75 Å². The van der Waals surface area contributed by atoms with Gasteiger partial charge in [-0.3, -0.25) is 9.59 Å². The van der Waals surface area contributed by atoms with Gasteiger partial charge >= 0.3 is 0 Å². The highest BCUT2D eigenvalue weighted by atomic mass is 35.5. The lowest BCUT2D eigenvalue weighted by atomic mass is 10.1. The number of amides is 2. The van der Waals surface area contributed by atoms with Gasteiger partial charge in [0.25, 0.3) is 5.91 Å². The fourth-order valence-electron chi connectivity index (χ4n) is 5.29. The molecule has 262 valence electrons. The van der Waals surface area contributed by atoms with Gasteiger partial charge in [0, 0.05) is 25.4 Å². The van der Waals surface area contributed by atoms with E-state index in [9.17, 15) is 26.8 Å². The lowest BCUT2D eigenvalue weighted by Gasteiger charge is -2.25. The third-order valence-electron chi connectivity index (χ3n) is 7.82. The normalized spacial score (nSPS) is 12.8. The zero-order valence-electron chi connectivity index (χ0n) is 27.8. The second-order valence-corrected chi connectivity index (χ2v) is 14.5. The minimum atomic E-state index is -3.82. The number of ether oxygens (including phenoxy) is 1. The van der Waals surface area contributed by atoms with E-state index in [-0.39, 0.29) is 35.1 Å². The quantitative estimate of drug-likeness (QED) is 0.136. The Balaban J connectivity index is 1.83. The number of carbonyl (C=O) groups is 2. The van der Waals surface area contributed by atoms with Gasteiger partial charge in [-0.2, -0.15) is 0 Å². The average molecular weight is 707 g/mol. The molecule has 3 aromatic rings. The molecule has 1 heterocycles. The number of hydrogen-bond donors (Lipinski definition) is 3. The number of aromatic nitrogens is 1. The van der Waals surface area contributed by atoms with Crippen LogP contribution in [0.4, 0.5) is 8.78 Å². The first-order chi connectivity index (χ1) is 22.9. The van der Waals surface area contributed by atoms with Crippen LogP contribution >= 0.6 is 11.6 Å². The molecule has 0 spiro atoms. The Morgan fingerprint density at radius 1 is 0.979 bits per heavy atom. The van der Waals surface area contributed by atoms with Gasteiger partial charge in [0.1, 0.15) is 23.1 Å². The Kier molecular flexibility index (Phi) is 15.2. The molecule has 1 aromatic heterocycles.